The van der Waals surface area contributed by atoms with Gasteiger partial charge in [0.05, 0.1) is 5.75 Å². The minimum Gasteiger partial charge on any atom is -0.351 e. The van der Waals surface area contributed by atoms with Gasteiger partial charge in [0.1, 0.15) is 5.82 Å². The topological polar surface area (TPSA) is 84.0 Å². The van der Waals surface area contributed by atoms with Crippen molar-refractivity contribution in [3.05, 3.63) is 35.6 Å². The molecule has 0 radical (unpaired) electrons. The Bertz CT molecular complexity index is 747. The first-order chi connectivity index (χ1) is 12.1. The molecule has 2 aromatic rings. The number of carbonyl (C=O) groups is 2. The molecular formula is C16H17FN4O2S2. The lowest BCUT2D eigenvalue weighted by Crippen LogP contribution is -2.27. The van der Waals surface area contributed by atoms with E-state index in [9.17, 15) is 14.0 Å². The predicted octanol–water partition coefficient (Wildman–Crippen LogP) is 2.82. The lowest BCUT2D eigenvalue weighted by Gasteiger charge is -2.23. The van der Waals surface area contributed by atoms with Gasteiger partial charge in [0, 0.05) is 12.5 Å². The lowest BCUT2D eigenvalue weighted by atomic mass is 9.85. The van der Waals surface area contributed by atoms with Crippen LogP contribution in [-0.4, -0.2) is 27.8 Å². The smallest absolute Gasteiger partial charge is 0.230 e. The number of hydrogen-bond donors (Lipinski definition) is 2. The molecule has 1 saturated carbocycles. The second-order valence-electron chi connectivity index (χ2n) is 5.68. The van der Waals surface area contributed by atoms with E-state index in [-0.39, 0.29) is 29.3 Å². The first-order valence-corrected chi connectivity index (χ1v) is 9.68. The van der Waals surface area contributed by atoms with E-state index in [4.69, 9.17) is 0 Å². The highest BCUT2D eigenvalue weighted by atomic mass is 32.2. The quantitative estimate of drug-likeness (QED) is 0.570. The fraction of sp³-hybridized carbons (Fsp3) is 0.375. The maximum absolute atomic E-state index is 12.8. The summed E-state index contributed by atoms with van der Waals surface area (Å²) in [7, 11) is 0. The van der Waals surface area contributed by atoms with Crippen LogP contribution >= 0.6 is 23.1 Å². The van der Waals surface area contributed by atoms with Gasteiger partial charge in [-0.05, 0) is 30.5 Å². The first kappa shape index (κ1) is 17.8. The van der Waals surface area contributed by atoms with Crippen molar-refractivity contribution in [3.63, 3.8) is 0 Å². The Balaban J connectivity index is 1.39. The largest absolute Gasteiger partial charge is 0.351 e. The molecule has 0 bridgehead atoms. The second-order valence-corrected chi connectivity index (χ2v) is 7.88. The number of benzene rings is 1. The summed E-state index contributed by atoms with van der Waals surface area (Å²) in [5.74, 6) is -0.160. The molecule has 6 nitrogen and oxygen atoms in total. The molecule has 2 amide bonds. The zero-order valence-electron chi connectivity index (χ0n) is 13.3. The van der Waals surface area contributed by atoms with Gasteiger partial charge in [-0.2, -0.15) is 0 Å². The normalized spacial score (nSPS) is 14.0. The third-order valence-corrected chi connectivity index (χ3v) is 5.81. The van der Waals surface area contributed by atoms with Gasteiger partial charge >= 0.3 is 0 Å². The standard InChI is InChI=1S/C16H17FN4O2S2/c17-12-6-4-10(5-7-12)8-18-13(22)9-24-16-21-20-15(25-16)19-14(23)11-2-1-3-11/h4-7,11H,1-3,8-9H2,(H,18,22)(H,19,20,23). The number of nitrogens with zero attached hydrogens (tertiary/aromatic N) is 2. The Morgan fingerprint density at radius 3 is 2.68 bits per heavy atom. The number of thioether (sulfide) groups is 1. The van der Waals surface area contributed by atoms with Crippen LogP contribution in [0.25, 0.3) is 0 Å². The van der Waals surface area contributed by atoms with E-state index >= 15 is 0 Å². The molecule has 0 unspecified atom stereocenters. The van der Waals surface area contributed by atoms with E-state index in [1.54, 1.807) is 12.1 Å². The number of halogens is 1. The zero-order valence-corrected chi connectivity index (χ0v) is 15.0. The van der Waals surface area contributed by atoms with Crippen molar-refractivity contribution < 1.29 is 14.0 Å². The minimum atomic E-state index is -0.304. The summed E-state index contributed by atoms with van der Waals surface area (Å²) in [6, 6.07) is 5.98. The number of nitrogens with one attached hydrogen (secondary N) is 2. The molecule has 0 saturated heterocycles. The molecule has 1 aromatic heterocycles. The van der Waals surface area contributed by atoms with Gasteiger partial charge in [0.2, 0.25) is 16.9 Å². The Kier molecular flexibility index (Phi) is 5.98. The van der Waals surface area contributed by atoms with Crippen molar-refractivity contribution in [2.75, 3.05) is 11.1 Å². The van der Waals surface area contributed by atoms with E-state index in [1.807, 2.05) is 0 Å². The van der Waals surface area contributed by atoms with Gasteiger partial charge < -0.3 is 10.6 Å². The van der Waals surface area contributed by atoms with E-state index < -0.39 is 0 Å². The van der Waals surface area contributed by atoms with Gasteiger partial charge in [0.25, 0.3) is 0 Å². The minimum absolute atomic E-state index is 0.00371. The lowest BCUT2D eigenvalue weighted by molar-refractivity contribution is -0.122. The third-order valence-electron chi connectivity index (χ3n) is 3.84. The highest BCUT2D eigenvalue weighted by Gasteiger charge is 2.26. The van der Waals surface area contributed by atoms with Crippen molar-refractivity contribution >= 4 is 40.0 Å². The molecule has 1 heterocycles. The number of anilines is 1. The Morgan fingerprint density at radius 1 is 1.24 bits per heavy atom. The highest BCUT2D eigenvalue weighted by Crippen LogP contribution is 2.29. The summed E-state index contributed by atoms with van der Waals surface area (Å²) < 4.78 is 13.4. The predicted molar refractivity (Wildman–Crippen MR) is 94.9 cm³/mol. The molecule has 1 aliphatic carbocycles. The van der Waals surface area contributed by atoms with Crippen molar-refractivity contribution in [1.29, 1.82) is 0 Å². The Labute approximate surface area is 152 Å². The van der Waals surface area contributed by atoms with Gasteiger partial charge in [-0.25, -0.2) is 4.39 Å². The van der Waals surface area contributed by atoms with E-state index in [0.717, 1.165) is 24.8 Å². The average Bonchev–Trinajstić information content (AvgIpc) is 2.98. The van der Waals surface area contributed by atoms with Gasteiger partial charge in [-0.1, -0.05) is 41.7 Å². The van der Waals surface area contributed by atoms with Crippen LogP contribution in [-0.2, 0) is 16.1 Å². The molecule has 0 atom stereocenters. The van der Waals surface area contributed by atoms with E-state index in [0.29, 0.717) is 16.0 Å². The van der Waals surface area contributed by atoms with Gasteiger partial charge in [-0.15, -0.1) is 10.2 Å². The molecule has 2 N–H and O–H groups in total. The summed E-state index contributed by atoms with van der Waals surface area (Å²) in [5, 5.41) is 13.9. The summed E-state index contributed by atoms with van der Waals surface area (Å²) >= 11 is 2.52. The molecule has 9 heteroatoms. The Morgan fingerprint density at radius 2 is 2.00 bits per heavy atom. The van der Waals surface area contributed by atoms with Crippen molar-refractivity contribution in [1.82, 2.24) is 15.5 Å². The molecule has 0 aliphatic heterocycles. The fourth-order valence-corrected chi connectivity index (χ4v) is 3.76. The van der Waals surface area contributed by atoms with Crippen LogP contribution in [0.3, 0.4) is 0 Å². The van der Waals surface area contributed by atoms with Crippen LogP contribution in [0.15, 0.2) is 28.6 Å². The molecule has 3 rings (SSSR count). The number of aromatic nitrogens is 2. The van der Waals surface area contributed by atoms with Crippen LogP contribution in [0.2, 0.25) is 0 Å². The maximum Gasteiger partial charge on any atom is 0.230 e. The molecule has 1 aromatic carbocycles. The van der Waals surface area contributed by atoms with E-state index in [1.165, 1.54) is 35.2 Å². The molecule has 0 spiro atoms. The third kappa shape index (κ3) is 5.23. The number of carbonyl (C=O) groups excluding carboxylic acids is 2. The zero-order chi connectivity index (χ0) is 17.6. The first-order valence-electron chi connectivity index (χ1n) is 7.88. The van der Waals surface area contributed by atoms with Crippen LogP contribution in [0.1, 0.15) is 24.8 Å². The molecule has 1 fully saturated rings. The van der Waals surface area contributed by atoms with Gasteiger partial charge in [0.15, 0.2) is 4.34 Å². The summed E-state index contributed by atoms with van der Waals surface area (Å²) in [4.78, 5) is 23.7. The van der Waals surface area contributed by atoms with Crippen molar-refractivity contribution in [3.8, 4) is 0 Å². The van der Waals surface area contributed by atoms with Crippen LogP contribution < -0.4 is 10.6 Å². The van der Waals surface area contributed by atoms with Crippen LogP contribution in [0.4, 0.5) is 9.52 Å². The summed E-state index contributed by atoms with van der Waals surface area (Å²) in [5.41, 5.74) is 0.830. The SMILES string of the molecule is O=C(CSc1nnc(NC(=O)C2CCC2)s1)NCc1ccc(F)cc1. The fourth-order valence-electron chi connectivity index (χ4n) is 2.18. The number of amides is 2. The summed E-state index contributed by atoms with van der Waals surface area (Å²) in [6.45, 7) is 0.346. The monoisotopic (exact) mass is 380 g/mol. The molecule has 1 aliphatic rings. The maximum atomic E-state index is 12.8. The number of rotatable bonds is 7. The summed E-state index contributed by atoms with van der Waals surface area (Å²) in [6.07, 6.45) is 2.96. The average molecular weight is 380 g/mol. The van der Waals surface area contributed by atoms with Crippen molar-refractivity contribution in [2.24, 2.45) is 5.92 Å². The molecule has 132 valence electrons. The Hall–Kier alpha value is -2.00. The molecule has 25 heavy (non-hydrogen) atoms. The molecular weight excluding hydrogens is 363 g/mol. The van der Waals surface area contributed by atoms with E-state index in [2.05, 4.69) is 20.8 Å². The van der Waals surface area contributed by atoms with Crippen LogP contribution in [0.5, 0.6) is 0 Å². The second kappa shape index (κ2) is 8.39. The van der Waals surface area contributed by atoms with Crippen LogP contribution in [0, 0.1) is 11.7 Å². The van der Waals surface area contributed by atoms with Gasteiger partial charge in [-0.3, -0.25) is 9.59 Å². The number of hydrogen-bond acceptors (Lipinski definition) is 6. The highest BCUT2D eigenvalue weighted by molar-refractivity contribution is 8.01. The van der Waals surface area contributed by atoms with Crippen molar-refractivity contribution in [2.45, 2.75) is 30.1 Å².